The molecule has 4 rings (SSSR count). The molecule has 1 aromatic heterocycles. The maximum atomic E-state index is 9.90. The van der Waals surface area contributed by atoms with E-state index in [1.807, 2.05) is 54.6 Å². The number of anilines is 4. The molecule has 0 atom stereocenters. The Labute approximate surface area is 179 Å². The first-order valence-corrected chi connectivity index (χ1v) is 9.56. The van der Waals surface area contributed by atoms with Crippen molar-refractivity contribution in [3.63, 3.8) is 0 Å². The standard InChI is InChI=1S/C23H21N5O3/c1-30-21-12-9-18(13-20(21)29)27-23-25-15-24-22(28-23)26-17-7-10-19(11-8-17)31-14-16-5-3-2-4-6-16/h2-13,15,29H,14H2,1H3,(H2,24,25,26,27,28). The molecule has 0 radical (unpaired) electrons. The summed E-state index contributed by atoms with van der Waals surface area (Å²) >= 11 is 0. The van der Waals surface area contributed by atoms with Gasteiger partial charge in [-0.3, -0.25) is 0 Å². The van der Waals surface area contributed by atoms with E-state index in [2.05, 4.69) is 25.6 Å². The quantitative estimate of drug-likeness (QED) is 0.382. The second-order valence-corrected chi connectivity index (χ2v) is 6.57. The number of benzene rings is 3. The van der Waals surface area contributed by atoms with Gasteiger partial charge >= 0.3 is 0 Å². The highest BCUT2D eigenvalue weighted by molar-refractivity contribution is 5.61. The third-order valence-electron chi connectivity index (χ3n) is 4.37. The summed E-state index contributed by atoms with van der Waals surface area (Å²) in [4.78, 5) is 12.6. The lowest BCUT2D eigenvalue weighted by atomic mass is 10.2. The van der Waals surface area contributed by atoms with Crippen LogP contribution in [0.3, 0.4) is 0 Å². The molecule has 31 heavy (non-hydrogen) atoms. The van der Waals surface area contributed by atoms with Crippen molar-refractivity contribution >= 4 is 23.3 Å². The van der Waals surface area contributed by atoms with E-state index in [0.29, 0.717) is 29.9 Å². The number of nitrogens with zero attached hydrogens (tertiary/aromatic N) is 3. The van der Waals surface area contributed by atoms with Gasteiger partial charge in [0.15, 0.2) is 11.5 Å². The summed E-state index contributed by atoms with van der Waals surface area (Å²) in [7, 11) is 1.49. The van der Waals surface area contributed by atoms with E-state index in [-0.39, 0.29) is 5.75 Å². The molecule has 8 nitrogen and oxygen atoms in total. The van der Waals surface area contributed by atoms with Gasteiger partial charge in [-0.15, -0.1) is 0 Å². The zero-order chi connectivity index (χ0) is 21.5. The molecule has 0 amide bonds. The number of nitrogens with one attached hydrogen (secondary N) is 2. The van der Waals surface area contributed by atoms with Gasteiger partial charge in [-0.2, -0.15) is 4.98 Å². The Bertz CT molecular complexity index is 1140. The van der Waals surface area contributed by atoms with E-state index in [1.165, 1.54) is 19.5 Å². The summed E-state index contributed by atoms with van der Waals surface area (Å²) in [6.45, 7) is 0.511. The van der Waals surface area contributed by atoms with E-state index in [1.54, 1.807) is 12.1 Å². The monoisotopic (exact) mass is 415 g/mol. The molecule has 4 aromatic rings. The minimum Gasteiger partial charge on any atom is -0.504 e. The van der Waals surface area contributed by atoms with Crippen LogP contribution in [0.4, 0.5) is 23.3 Å². The number of hydrogen-bond acceptors (Lipinski definition) is 8. The average Bonchev–Trinajstić information content (AvgIpc) is 2.80. The van der Waals surface area contributed by atoms with Gasteiger partial charge in [-0.05, 0) is 42.0 Å². The van der Waals surface area contributed by atoms with E-state index < -0.39 is 0 Å². The highest BCUT2D eigenvalue weighted by Gasteiger charge is 2.06. The predicted octanol–water partition coefficient (Wildman–Crippen LogP) is 4.65. The first kappa shape index (κ1) is 20.0. The van der Waals surface area contributed by atoms with E-state index in [4.69, 9.17) is 9.47 Å². The number of methoxy groups -OCH3 is 1. The lowest BCUT2D eigenvalue weighted by molar-refractivity contribution is 0.306. The molecule has 156 valence electrons. The molecular weight excluding hydrogens is 394 g/mol. The summed E-state index contributed by atoms with van der Waals surface area (Å²) in [5.41, 5.74) is 2.54. The van der Waals surface area contributed by atoms with Crippen molar-refractivity contribution in [3.8, 4) is 17.2 Å². The lowest BCUT2D eigenvalue weighted by Crippen LogP contribution is -2.03. The Morgan fingerprint density at radius 3 is 2.19 bits per heavy atom. The van der Waals surface area contributed by atoms with E-state index in [0.717, 1.165) is 17.0 Å². The number of rotatable bonds is 8. The van der Waals surface area contributed by atoms with Crippen molar-refractivity contribution in [1.29, 1.82) is 0 Å². The van der Waals surface area contributed by atoms with Crippen LogP contribution in [0, 0.1) is 0 Å². The second kappa shape index (κ2) is 9.45. The molecule has 0 aliphatic heterocycles. The smallest absolute Gasteiger partial charge is 0.232 e. The molecular formula is C23H21N5O3. The summed E-state index contributed by atoms with van der Waals surface area (Å²) in [5.74, 6) is 1.90. The van der Waals surface area contributed by atoms with Gasteiger partial charge in [0.25, 0.3) is 0 Å². The maximum absolute atomic E-state index is 9.90. The molecule has 8 heteroatoms. The second-order valence-electron chi connectivity index (χ2n) is 6.57. The Kier molecular flexibility index (Phi) is 6.08. The van der Waals surface area contributed by atoms with Crippen LogP contribution in [0.2, 0.25) is 0 Å². The molecule has 1 heterocycles. The van der Waals surface area contributed by atoms with Crippen molar-refractivity contribution in [2.24, 2.45) is 0 Å². The fraction of sp³-hybridized carbons (Fsp3) is 0.0870. The van der Waals surface area contributed by atoms with Crippen LogP contribution >= 0.6 is 0 Å². The number of aromatic hydroxyl groups is 1. The van der Waals surface area contributed by atoms with Gasteiger partial charge < -0.3 is 25.2 Å². The molecule has 0 unspecified atom stereocenters. The van der Waals surface area contributed by atoms with Crippen LogP contribution < -0.4 is 20.1 Å². The molecule has 3 N–H and O–H groups in total. The first-order chi connectivity index (χ1) is 15.2. The van der Waals surface area contributed by atoms with Gasteiger partial charge in [0.1, 0.15) is 18.7 Å². The predicted molar refractivity (Wildman–Crippen MR) is 118 cm³/mol. The molecule has 0 bridgehead atoms. The van der Waals surface area contributed by atoms with Gasteiger partial charge in [0.2, 0.25) is 11.9 Å². The number of phenols is 1. The maximum Gasteiger partial charge on any atom is 0.232 e. The molecule has 0 saturated carbocycles. The Balaban J connectivity index is 1.37. The summed E-state index contributed by atoms with van der Waals surface area (Å²) < 4.78 is 10.8. The summed E-state index contributed by atoms with van der Waals surface area (Å²) in [6, 6.07) is 22.5. The number of hydrogen-bond donors (Lipinski definition) is 3. The fourth-order valence-electron chi connectivity index (χ4n) is 2.82. The molecule has 0 aliphatic carbocycles. The van der Waals surface area contributed by atoms with Gasteiger partial charge in [-0.25, -0.2) is 9.97 Å². The highest BCUT2D eigenvalue weighted by Crippen LogP contribution is 2.29. The third kappa shape index (κ3) is 5.39. The fourth-order valence-corrected chi connectivity index (χ4v) is 2.82. The van der Waals surface area contributed by atoms with Gasteiger partial charge in [0, 0.05) is 17.4 Å². The number of aromatic nitrogens is 3. The van der Waals surface area contributed by atoms with Crippen LogP contribution in [0.25, 0.3) is 0 Å². The van der Waals surface area contributed by atoms with Crippen molar-refractivity contribution < 1.29 is 14.6 Å². The SMILES string of the molecule is COc1ccc(Nc2ncnc(Nc3ccc(OCc4ccccc4)cc3)n2)cc1O. The van der Waals surface area contributed by atoms with E-state index in [9.17, 15) is 5.11 Å². The molecule has 0 fully saturated rings. The normalized spacial score (nSPS) is 10.4. The largest absolute Gasteiger partial charge is 0.504 e. The Morgan fingerprint density at radius 2 is 1.52 bits per heavy atom. The summed E-state index contributed by atoms with van der Waals surface area (Å²) in [6.07, 6.45) is 1.40. The van der Waals surface area contributed by atoms with Gasteiger partial charge in [0.05, 0.1) is 7.11 Å². The molecule has 0 aliphatic rings. The van der Waals surface area contributed by atoms with Crippen molar-refractivity contribution in [2.75, 3.05) is 17.7 Å². The summed E-state index contributed by atoms with van der Waals surface area (Å²) in [5, 5.41) is 16.1. The number of ether oxygens (including phenoxy) is 2. The Morgan fingerprint density at radius 1 is 0.839 bits per heavy atom. The van der Waals surface area contributed by atoms with Crippen molar-refractivity contribution in [3.05, 3.63) is 84.7 Å². The third-order valence-corrected chi connectivity index (χ3v) is 4.37. The van der Waals surface area contributed by atoms with Crippen LogP contribution in [0.5, 0.6) is 17.2 Å². The van der Waals surface area contributed by atoms with E-state index >= 15 is 0 Å². The van der Waals surface area contributed by atoms with Gasteiger partial charge in [-0.1, -0.05) is 30.3 Å². The van der Waals surface area contributed by atoms with Crippen LogP contribution in [-0.4, -0.2) is 27.2 Å². The van der Waals surface area contributed by atoms with Crippen molar-refractivity contribution in [2.45, 2.75) is 6.61 Å². The van der Waals surface area contributed by atoms with Crippen molar-refractivity contribution in [1.82, 2.24) is 15.0 Å². The molecule has 3 aromatic carbocycles. The minimum absolute atomic E-state index is 0.0227. The zero-order valence-corrected chi connectivity index (χ0v) is 16.8. The minimum atomic E-state index is 0.0227. The Hall–Kier alpha value is -4.33. The zero-order valence-electron chi connectivity index (χ0n) is 16.8. The lowest BCUT2D eigenvalue weighted by Gasteiger charge is -2.10. The highest BCUT2D eigenvalue weighted by atomic mass is 16.5. The topological polar surface area (TPSA) is 101 Å². The average molecular weight is 415 g/mol. The van der Waals surface area contributed by atoms with Crippen LogP contribution in [-0.2, 0) is 6.61 Å². The molecule has 0 spiro atoms. The van der Waals surface area contributed by atoms with Crippen LogP contribution in [0.15, 0.2) is 79.1 Å². The van der Waals surface area contributed by atoms with Crippen LogP contribution in [0.1, 0.15) is 5.56 Å². The first-order valence-electron chi connectivity index (χ1n) is 9.56. The molecule has 0 saturated heterocycles. The number of phenolic OH excluding ortho intramolecular Hbond substituents is 1.